The average Bonchev–Trinajstić information content (AvgIpc) is 2.97. The molecule has 12 heteroatoms. The predicted molar refractivity (Wildman–Crippen MR) is 106 cm³/mol. The number of anilines is 1. The van der Waals surface area contributed by atoms with Crippen molar-refractivity contribution in [2.45, 2.75) is 11.7 Å². The molecule has 0 N–H and O–H groups in total. The van der Waals surface area contributed by atoms with Gasteiger partial charge < -0.3 is 9.64 Å². The topological polar surface area (TPSA) is 73.6 Å². The number of nitrogens with zero attached hydrogens (tertiary/aromatic N) is 3. The zero-order chi connectivity index (χ0) is 25.4. The van der Waals surface area contributed by atoms with Crippen molar-refractivity contribution in [3.8, 4) is 6.07 Å². The van der Waals surface area contributed by atoms with Crippen LogP contribution in [0.3, 0.4) is 0 Å². The highest BCUT2D eigenvalue weighted by atomic mass is 19.4. The quantitative estimate of drug-likeness (QED) is 0.200. The molecule has 34 heavy (non-hydrogen) atoms. The van der Waals surface area contributed by atoms with Gasteiger partial charge in [-0.05, 0) is 30.3 Å². The van der Waals surface area contributed by atoms with Gasteiger partial charge in [-0.2, -0.15) is 18.4 Å². The standard InChI is InChI=1S/C22H15F6N3O3/c1-3-8-34-11-21(14-6-7-16(23)18(25)17(14)24)19(32)31(20(33)30(21)2)13-5-4-12(10-29)15(9-13)22(26,27)28/h3-7,9H,1,8,11H2,2H3. The fourth-order valence-corrected chi connectivity index (χ4v) is 3.63. The van der Waals surface area contributed by atoms with Gasteiger partial charge in [-0.3, -0.25) is 4.79 Å². The molecule has 6 nitrogen and oxygen atoms in total. The maximum Gasteiger partial charge on any atom is 0.417 e. The Morgan fingerprint density at radius 2 is 1.82 bits per heavy atom. The van der Waals surface area contributed by atoms with E-state index >= 15 is 0 Å². The highest BCUT2D eigenvalue weighted by Gasteiger charge is 2.59. The van der Waals surface area contributed by atoms with Crippen molar-refractivity contribution in [3.63, 3.8) is 0 Å². The number of carbonyl (C=O) groups is 2. The first-order valence-electron chi connectivity index (χ1n) is 9.48. The monoisotopic (exact) mass is 483 g/mol. The zero-order valence-electron chi connectivity index (χ0n) is 17.4. The Balaban J connectivity index is 2.23. The van der Waals surface area contributed by atoms with Crippen LogP contribution in [0.15, 0.2) is 43.0 Å². The third kappa shape index (κ3) is 3.77. The highest BCUT2D eigenvalue weighted by Crippen LogP contribution is 2.42. The minimum Gasteiger partial charge on any atom is -0.374 e. The van der Waals surface area contributed by atoms with Crippen LogP contribution < -0.4 is 4.90 Å². The number of amides is 3. The lowest BCUT2D eigenvalue weighted by molar-refractivity contribution is -0.137. The molecule has 1 aliphatic heterocycles. The van der Waals surface area contributed by atoms with E-state index in [1.807, 2.05) is 0 Å². The van der Waals surface area contributed by atoms with E-state index < -0.39 is 70.1 Å². The van der Waals surface area contributed by atoms with Gasteiger partial charge in [0.05, 0.1) is 36.1 Å². The van der Waals surface area contributed by atoms with Crippen LogP contribution in [0.1, 0.15) is 16.7 Å². The molecule has 1 atom stereocenters. The molecule has 0 aliphatic carbocycles. The van der Waals surface area contributed by atoms with Gasteiger partial charge in [0.15, 0.2) is 23.0 Å². The molecular formula is C22H15F6N3O3. The number of ether oxygens (including phenoxy) is 1. The molecule has 0 saturated carbocycles. The van der Waals surface area contributed by atoms with Gasteiger partial charge >= 0.3 is 12.2 Å². The molecular weight excluding hydrogens is 468 g/mol. The third-order valence-electron chi connectivity index (χ3n) is 5.32. The molecule has 0 spiro atoms. The molecule has 0 bridgehead atoms. The second-order valence-corrected chi connectivity index (χ2v) is 7.21. The number of nitriles is 1. The first kappa shape index (κ1) is 24.8. The van der Waals surface area contributed by atoms with Crippen molar-refractivity contribution in [2.24, 2.45) is 0 Å². The summed E-state index contributed by atoms with van der Waals surface area (Å²) in [4.78, 5) is 27.6. The number of halogens is 6. The van der Waals surface area contributed by atoms with E-state index in [4.69, 9.17) is 10.00 Å². The number of imide groups is 1. The van der Waals surface area contributed by atoms with Crippen LogP contribution in [0.5, 0.6) is 0 Å². The summed E-state index contributed by atoms with van der Waals surface area (Å²) < 4.78 is 88.0. The summed E-state index contributed by atoms with van der Waals surface area (Å²) in [6.07, 6.45) is -3.72. The van der Waals surface area contributed by atoms with E-state index in [1.54, 1.807) is 0 Å². The molecule has 0 radical (unpaired) electrons. The highest BCUT2D eigenvalue weighted by molar-refractivity contribution is 6.23. The van der Waals surface area contributed by atoms with E-state index in [9.17, 15) is 35.9 Å². The summed E-state index contributed by atoms with van der Waals surface area (Å²) in [5, 5.41) is 8.98. The van der Waals surface area contributed by atoms with Gasteiger partial charge in [-0.25, -0.2) is 22.9 Å². The van der Waals surface area contributed by atoms with E-state index in [2.05, 4.69) is 6.58 Å². The van der Waals surface area contributed by atoms with Crippen LogP contribution >= 0.6 is 0 Å². The number of likely N-dealkylation sites (N-methyl/N-ethyl adjacent to an activating group) is 1. The minimum atomic E-state index is -4.99. The maximum atomic E-state index is 14.8. The van der Waals surface area contributed by atoms with Gasteiger partial charge in [-0.1, -0.05) is 6.08 Å². The van der Waals surface area contributed by atoms with Crippen molar-refractivity contribution >= 4 is 17.6 Å². The molecule has 3 amide bonds. The van der Waals surface area contributed by atoms with Crippen molar-refractivity contribution < 1.29 is 40.7 Å². The Kier molecular flexibility index (Phi) is 6.44. The molecule has 0 aromatic heterocycles. The summed E-state index contributed by atoms with van der Waals surface area (Å²) >= 11 is 0. The Labute approximate surface area is 189 Å². The minimum absolute atomic E-state index is 0.183. The normalized spacial score (nSPS) is 18.4. The molecule has 1 heterocycles. The molecule has 3 rings (SSSR count). The smallest absolute Gasteiger partial charge is 0.374 e. The number of carbonyl (C=O) groups excluding carboxylic acids is 2. The van der Waals surface area contributed by atoms with Crippen molar-refractivity contribution in [1.82, 2.24) is 4.90 Å². The first-order chi connectivity index (χ1) is 15.9. The second kappa shape index (κ2) is 8.83. The Hall–Kier alpha value is -3.85. The number of alkyl halides is 3. The average molecular weight is 483 g/mol. The molecule has 178 valence electrons. The van der Waals surface area contributed by atoms with E-state index in [1.165, 1.54) is 12.1 Å². The van der Waals surface area contributed by atoms with Crippen LogP contribution in [-0.2, 0) is 21.2 Å². The van der Waals surface area contributed by atoms with E-state index in [-0.39, 0.29) is 6.61 Å². The van der Waals surface area contributed by atoms with Crippen LogP contribution in [-0.4, -0.2) is 37.1 Å². The lowest BCUT2D eigenvalue weighted by Gasteiger charge is -2.33. The SMILES string of the molecule is C=CCOCC1(c2ccc(F)c(F)c2F)C(=O)N(c2ccc(C#N)c(C(F)(F)F)c2)C(=O)N1C. The van der Waals surface area contributed by atoms with Gasteiger partial charge in [0.2, 0.25) is 0 Å². The third-order valence-corrected chi connectivity index (χ3v) is 5.32. The fourth-order valence-electron chi connectivity index (χ4n) is 3.63. The van der Waals surface area contributed by atoms with Crippen LogP contribution in [0, 0.1) is 28.8 Å². The Morgan fingerprint density at radius 1 is 1.15 bits per heavy atom. The maximum absolute atomic E-state index is 14.8. The lowest BCUT2D eigenvalue weighted by atomic mass is 9.88. The summed E-state index contributed by atoms with van der Waals surface area (Å²) in [6, 6.07) is 3.59. The number of rotatable bonds is 6. The van der Waals surface area contributed by atoms with Crippen molar-refractivity contribution in [3.05, 3.63) is 77.1 Å². The summed E-state index contributed by atoms with van der Waals surface area (Å²) in [7, 11) is 1.03. The van der Waals surface area contributed by atoms with Crippen molar-refractivity contribution in [2.75, 3.05) is 25.2 Å². The molecule has 1 unspecified atom stereocenters. The number of urea groups is 1. The van der Waals surface area contributed by atoms with Gasteiger partial charge in [0, 0.05) is 12.6 Å². The Morgan fingerprint density at radius 3 is 2.41 bits per heavy atom. The summed E-state index contributed by atoms with van der Waals surface area (Å²) in [5.74, 6) is -6.51. The van der Waals surface area contributed by atoms with Gasteiger partial charge in [0.1, 0.15) is 0 Å². The number of benzene rings is 2. The molecule has 2 aromatic rings. The largest absolute Gasteiger partial charge is 0.417 e. The summed E-state index contributed by atoms with van der Waals surface area (Å²) in [5.41, 5.74) is -5.87. The van der Waals surface area contributed by atoms with Crippen LogP contribution in [0.2, 0.25) is 0 Å². The number of hydrogen-bond acceptors (Lipinski definition) is 4. The Bertz CT molecular complexity index is 1220. The van der Waals surface area contributed by atoms with Crippen molar-refractivity contribution in [1.29, 1.82) is 5.26 Å². The van der Waals surface area contributed by atoms with Crippen LogP contribution in [0.25, 0.3) is 0 Å². The molecule has 1 aliphatic rings. The van der Waals surface area contributed by atoms with E-state index in [0.29, 0.717) is 21.9 Å². The number of hydrogen-bond donors (Lipinski definition) is 0. The molecule has 1 saturated heterocycles. The lowest BCUT2D eigenvalue weighted by Crippen LogP contribution is -2.49. The second-order valence-electron chi connectivity index (χ2n) is 7.21. The fraction of sp³-hybridized carbons (Fsp3) is 0.227. The zero-order valence-corrected chi connectivity index (χ0v) is 17.4. The summed E-state index contributed by atoms with van der Waals surface area (Å²) in [6.45, 7) is 2.48. The first-order valence-corrected chi connectivity index (χ1v) is 9.48. The van der Waals surface area contributed by atoms with Gasteiger partial charge in [-0.15, -0.1) is 6.58 Å². The van der Waals surface area contributed by atoms with Crippen LogP contribution in [0.4, 0.5) is 36.8 Å². The molecule has 2 aromatic carbocycles. The van der Waals surface area contributed by atoms with E-state index in [0.717, 1.165) is 25.2 Å². The molecule has 1 fully saturated rings. The predicted octanol–water partition coefficient (Wildman–Crippen LogP) is 4.49. The van der Waals surface area contributed by atoms with Gasteiger partial charge in [0.25, 0.3) is 5.91 Å².